The summed E-state index contributed by atoms with van der Waals surface area (Å²) in [5, 5.41) is 3.88. The Morgan fingerprint density at radius 3 is 3.00 bits per heavy atom. The number of hydrogen-bond acceptors (Lipinski definition) is 3. The first-order chi connectivity index (χ1) is 9.24. The highest BCUT2D eigenvalue weighted by molar-refractivity contribution is 6.31. The van der Waals surface area contributed by atoms with Crippen LogP contribution in [0.25, 0.3) is 0 Å². The molecule has 3 rings (SSSR count). The number of rotatable bonds is 2. The highest BCUT2D eigenvalue weighted by Crippen LogP contribution is 2.17. The number of benzene rings is 1. The van der Waals surface area contributed by atoms with E-state index in [9.17, 15) is 4.79 Å². The number of halogens is 1. The zero-order valence-electron chi connectivity index (χ0n) is 10.4. The predicted octanol–water partition coefficient (Wildman–Crippen LogP) is 1.66. The van der Waals surface area contributed by atoms with E-state index in [2.05, 4.69) is 15.3 Å². The van der Waals surface area contributed by atoms with Gasteiger partial charge in [0.25, 0.3) is 5.56 Å². The highest BCUT2D eigenvalue weighted by atomic mass is 35.5. The van der Waals surface area contributed by atoms with Crippen LogP contribution in [0.1, 0.15) is 22.6 Å². The van der Waals surface area contributed by atoms with Gasteiger partial charge in [0.05, 0.1) is 11.3 Å². The molecule has 0 fully saturated rings. The maximum absolute atomic E-state index is 12.0. The van der Waals surface area contributed by atoms with Crippen LogP contribution in [0.5, 0.6) is 0 Å². The topological polar surface area (TPSA) is 57.8 Å². The molecule has 0 radical (unpaired) electrons. The van der Waals surface area contributed by atoms with Crippen molar-refractivity contribution >= 4 is 11.6 Å². The molecule has 0 aliphatic carbocycles. The van der Waals surface area contributed by atoms with Crippen LogP contribution in [-0.4, -0.2) is 16.5 Å². The SMILES string of the molecule is O=c1[nH]c(Cc2ccccc2Cl)nc2c1CNCC2. The highest BCUT2D eigenvalue weighted by Gasteiger charge is 2.15. The standard InChI is InChI=1S/C14H14ClN3O/c15-11-4-2-1-3-9(11)7-13-17-12-5-6-16-8-10(12)14(19)18-13/h1-4,16H,5-8H2,(H,17,18,19). The molecule has 1 aliphatic heterocycles. The van der Waals surface area contributed by atoms with E-state index in [1.165, 1.54) is 0 Å². The zero-order valence-corrected chi connectivity index (χ0v) is 11.1. The lowest BCUT2D eigenvalue weighted by atomic mass is 10.1. The third kappa shape index (κ3) is 2.55. The van der Waals surface area contributed by atoms with Crippen LogP contribution in [0.2, 0.25) is 5.02 Å². The Morgan fingerprint density at radius 1 is 1.32 bits per heavy atom. The summed E-state index contributed by atoms with van der Waals surface area (Å²) in [5.74, 6) is 0.679. The van der Waals surface area contributed by atoms with E-state index in [4.69, 9.17) is 11.6 Å². The summed E-state index contributed by atoms with van der Waals surface area (Å²) in [6.07, 6.45) is 1.35. The van der Waals surface area contributed by atoms with Crippen LogP contribution in [0.15, 0.2) is 29.1 Å². The molecule has 2 heterocycles. The molecule has 0 spiro atoms. The monoisotopic (exact) mass is 275 g/mol. The molecular weight excluding hydrogens is 262 g/mol. The van der Waals surface area contributed by atoms with Crippen molar-refractivity contribution in [3.05, 3.63) is 62.3 Å². The molecule has 1 aliphatic rings. The van der Waals surface area contributed by atoms with Crippen LogP contribution < -0.4 is 10.9 Å². The maximum Gasteiger partial charge on any atom is 0.255 e. The number of nitrogens with zero attached hydrogens (tertiary/aromatic N) is 1. The van der Waals surface area contributed by atoms with Gasteiger partial charge in [0.2, 0.25) is 0 Å². The quantitative estimate of drug-likeness (QED) is 0.876. The van der Waals surface area contributed by atoms with Crippen molar-refractivity contribution in [1.29, 1.82) is 0 Å². The fourth-order valence-corrected chi connectivity index (χ4v) is 2.51. The molecule has 1 aromatic heterocycles. The van der Waals surface area contributed by atoms with Crippen molar-refractivity contribution in [2.45, 2.75) is 19.4 Å². The molecule has 0 unspecified atom stereocenters. The van der Waals surface area contributed by atoms with Crippen LogP contribution in [0.3, 0.4) is 0 Å². The first-order valence-corrected chi connectivity index (χ1v) is 6.67. The summed E-state index contributed by atoms with van der Waals surface area (Å²) in [6, 6.07) is 7.61. The Kier molecular flexibility index (Phi) is 3.36. The smallest absolute Gasteiger partial charge is 0.255 e. The van der Waals surface area contributed by atoms with Crippen molar-refractivity contribution in [2.24, 2.45) is 0 Å². The zero-order chi connectivity index (χ0) is 13.2. The van der Waals surface area contributed by atoms with Crippen LogP contribution >= 0.6 is 11.6 Å². The van der Waals surface area contributed by atoms with E-state index in [0.717, 1.165) is 29.8 Å². The molecule has 2 N–H and O–H groups in total. The third-order valence-corrected chi connectivity index (χ3v) is 3.67. The van der Waals surface area contributed by atoms with Gasteiger partial charge >= 0.3 is 0 Å². The maximum atomic E-state index is 12.0. The van der Waals surface area contributed by atoms with Gasteiger partial charge in [-0.25, -0.2) is 4.98 Å². The van der Waals surface area contributed by atoms with E-state index in [0.29, 0.717) is 23.8 Å². The summed E-state index contributed by atoms with van der Waals surface area (Å²) < 4.78 is 0. The molecule has 0 amide bonds. The minimum atomic E-state index is -0.0424. The molecular formula is C14H14ClN3O. The molecule has 0 bridgehead atoms. The molecule has 98 valence electrons. The van der Waals surface area contributed by atoms with Gasteiger partial charge < -0.3 is 10.3 Å². The Morgan fingerprint density at radius 2 is 2.16 bits per heavy atom. The third-order valence-electron chi connectivity index (χ3n) is 3.31. The molecule has 2 aromatic rings. The van der Waals surface area contributed by atoms with Crippen molar-refractivity contribution in [1.82, 2.24) is 15.3 Å². The van der Waals surface area contributed by atoms with E-state index in [1.54, 1.807) is 0 Å². The summed E-state index contributed by atoms with van der Waals surface area (Å²) in [5.41, 5.74) is 2.60. The summed E-state index contributed by atoms with van der Waals surface area (Å²) in [4.78, 5) is 19.4. The first-order valence-electron chi connectivity index (χ1n) is 6.29. The van der Waals surface area contributed by atoms with Crippen molar-refractivity contribution in [2.75, 3.05) is 6.54 Å². The van der Waals surface area contributed by atoms with E-state index in [1.807, 2.05) is 24.3 Å². The lowest BCUT2D eigenvalue weighted by Gasteiger charge is -2.16. The van der Waals surface area contributed by atoms with Gasteiger partial charge in [-0.05, 0) is 11.6 Å². The summed E-state index contributed by atoms with van der Waals surface area (Å²) in [7, 11) is 0. The molecule has 19 heavy (non-hydrogen) atoms. The van der Waals surface area contributed by atoms with Crippen molar-refractivity contribution in [3.63, 3.8) is 0 Å². The Hall–Kier alpha value is -1.65. The Balaban J connectivity index is 1.96. The second-order valence-electron chi connectivity index (χ2n) is 4.63. The van der Waals surface area contributed by atoms with Gasteiger partial charge in [0.1, 0.15) is 5.82 Å². The number of aromatic nitrogens is 2. The van der Waals surface area contributed by atoms with Gasteiger partial charge in [-0.2, -0.15) is 0 Å². The van der Waals surface area contributed by atoms with E-state index in [-0.39, 0.29) is 5.56 Å². The Bertz CT molecular complexity index is 666. The second-order valence-corrected chi connectivity index (χ2v) is 5.04. The first kappa shape index (κ1) is 12.4. The number of fused-ring (bicyclic) bond motifs is 1. The van der Waals surface area contributed by atoms with E-state index >= 15 is 0 Å². The normalized spacial score (nSPS) is 14.2. The number of H-pyrrole nitrogens is 1. The number of aromatic amines is 1. The average Bonchev–Trinajstić information content (AvgIpc) is 2.42. The van der Waals surface area contributed by atoms with Crippen LogP contribution in [-0.2, 0) is 19.4 Å². The predicted molar refractivity (Wildman–Crippen MR) is 74.5 cm³/mol. The molecule has 0 saturated heterocycles. The molecule has 4 nitrogen and oxygen atoms in total. The van der Waals surface area contributed by atoms with E-state index < -0.39 is 0 Å². The molecule has 0 atom stereocenters. The Labute approximate surface area is 115 Å². The molecule has 0 saturated carbocycles. The lowest BCUT2D eigenvalue weighted by molar-refractivity contribution is 0.615. The molecule has 1 aromatic carbocycles. The van der Waals surface area contributed by atoms with Crippen LogP contribution in [0.4, 0.5) is 0 Å². The summed E-state index contributed by atoms with van der Waals surface area (Å²) in [6.45, 7) is 1.47. The number of nitrogens with one attached hydrogen (secondary N) is 2. The fraction of sp³-hybridized carbons (Fsp3) is 0.286. The largest absolute Gasteiger partial charge is 0.312 e. The van der Waals surface area contributed by atoms with Gasteiger partial charge in [-0.15, -0.1) is 0 Å². The van der Waals surface area contributed by atoms with Gasteiger partial charge in [0.15, 0.2) is 0 Å². The summed E-state index contributed by atoms with van der Waals surface area (Å²) >= 11 is 6.13. The van der Waals surface area contributed by atoms with Crippen molar-refractivity contribution < 1.29 is 0 Å². The van der Waals surface area contributed by atoms with Crippen LogP contribution in [0, 0.1) is 0 Å². The minimum absolute atomic E-state index is 0.0424. The average molecular weight is 276 g/mol. The van der Waals surface area contributed by atoms with Crippen molar-refractivity contribution in [3.8, 4) is 0 Å². The second kappa shape index (κ2) is 5.15. The fourth-order valence-electron chi connectivity index (χ4n) is 2.31. The minimum Gasteiger partial charge on any atom is -0.312 e. The van der Waals surface area contributed by atoms with Gasteiger partial charge in [-0.1, -0.05) is 29.8 Å². The lowest BCUT2D eigenvalue weighted by Crippen LogP contribution is -2.32. The number of hydrogen-bond donors (Lipinski definition) is 2. The van der Waals surface area contributed by atoms with Gasteiger partial charge in [-0.3, -0.25) is 4.79 Å². The van der Waals surface area contributed by atoms with Gasteiger partial charge in [0, 0.05) is 31.0 Å². The molecule has 5 heteroatoms.